The lowest BCUT2D eigenvalue weighted by molar-refractivity contribution is -0.124. The van der Waals surface area contributed by atoms with Gasteiger partial charge in [-0.05, 0) is 41.3 Å². The predicted molar refractivity (Wildman–Crippen MR) is 104 cm³/mol. The van der Waals surface area contributed by atoms with E-state index < -0.39 is 5.97 Å². The molecule has 0 aliphatic heterocycles. The van der Waals surface area contributed by atoms with Gasteiger partial charge >= 0.3 is 5.97 Å². The number of ether oxygens (including phenoxy) is 2. The molecule has 0 bridgehead atoms. The molecule has 0 spiro atoms. The number of hydrogen-bond acceptors (Lipinski definition) is 5. The van der Waals surface area contributed by atoms with E-state index in [-0.39, 0.29) is 12.5 Å². The van der Waals surface area contributed by atoms with Gasteiger partial charge < -0.3 is 14.8 Å². The molecule has 0 aliphatic rings. The summed E-state index contributed by atoms with van der Waals surface area (Å²) in [6.07, 6.45) is 0. The molecule has 3 aromatic rings. The Balaban J connectivity index is 1.42. The number of hydrogen-bond donors (Lipinski definition) is 1. The van der Waals surface area contributed by atoms with E-state index in [1.807, 2.05) is 47.8 Å². The van der Waals surface area contributed by atoms with Crippen molar-refractivity contribution in [2.45, 2.75) is 13.2 Å². The fourth-order valence-electron chi connectivity index (χ4n) is 2.29. The van der Waals surface area contributed by atoms with Gasteiger partial charge in [0, 0.05) is 4.88 Å². The van der Waals surface area contributed by atoms with Gasteiger partial charge in [-0.25, -0.2) is 4.79 Å². The zero-order chi connectivity index (χ0) is 18.9. The van der Waals surface area contributed by atoms with Gasteiger partial charge in [-0.3, -0.25) is 4.79 Å². The zero-order valence-electron chi connectivity index (χ0n) is 14.6. The highest BCUT2D eigenvalue weighted by atomic mass is 32.1. The number of carbonyl (C=O) groups excluding carboxylic acids is 2. The molecule has 1 aromatic heterocycles. The first-order valence-electron chi connectivity index (χ1n) is 8.44. The summed E-state index contributed by atoms with van der Waals surface area (Å²) < 4.78 is 10.7. The molecule has 0 unspecified atom stereocenters. The molecule has 2 aromatic carbocycles. The van der Waals surface area contributed by atoms with Crippen molar-refractivity contribution in [2.75, 3.05) is 6.61 Å². The Morgan fingerprint density at radius 1 is 0.926 bits per heavy atom. The Morgan fingerprint density at radius 2 is 1.70 bits per heavy atom. The molecule has 0 radical (unpaired) electrons. The van der Waals surface area contributed by atoms with E-state index in [0.717, 1.165) is 10.4 Å². The summed E-state index contributed by atoms with van der Waals surface area (Å²) in [5.74, 6) is -0.223. The van der Waals surface area contributed by atoms with E-state index in [2.05, 4.69) is 5.32 Å². The number of nitrogens with one attached hydrogen (secondary N) is 1. The average molecular weight is 381 g/mol. The van der Waals surface area contributed by atoms with Gasteiger partial charge in [0.2, 0.25) is 0 Å². The predicted octanol–water partition coefficient (Wildman–Crippen LogP) is 3.80. The van der Waals surface area contributed by atoms with Crippen molar-refractivity contribution >= 4 is 23.2 Å². The molecule has 0 saturated heterocycles. The number of esters is 1. The highest BCUT2D eigenvalue weighted by Gasteiger charge is 2.10. The van der Waals surface area contributed by atoms with E-state index in [4.69, 9.17) is 9.47 Å². The first kappa shape index (κ1) is 18.7. The third kappa shape index (κ3) is 5.97. The normalized spacial score (nSPS) is 10.2. The average Bonchev–Trinajstić information content (AvgIpc) is 3.24. The van der Waals surface area contributed by atoms with Gasteiger partial charge in [-0.15, -0.1) is 11.3 Å². The van der Waals surface area contributed by atoms with Crippen LogP contribution in [0.5, 0.6) is 5.75 Å². The fourth-order valence-corrected chi connectivity index (χ4v) is 2.94. The number of rotatable bonds is 8. The zero-order valence-corrected chi connectivity index (χ0v) is 15.4. The van der Waals surface area contributed by atoms with Gasteiger partial charge in [0.1, 0.15) is 12.4 Å². The topological polar surface area (TPSA) is 64.6 Å². The molecule has 6 heteroatoms. The Morgan fingerprint density at radius 3 is 2.41 bits per heavy atom. The molecule has 1 heterocycles. The van der Waals surface area contributed by atoms with Crippen LogP contribution < -0.4 is 10.1 Å². The maximum absolute atomic E-state index is 12.0. The van der Waals surface area contributed by atoms with Crippen LogP contribution in [0.15, 0.2) is 72.1 Å². The van der Waals surface area contributed by atoms with Crippen LogP contribution in [0.3, 0.4) is 0 Å². The SMILES string of the molecule is O=C(COC(=O)c1ccc(OCc2ccccc2)cc1)NCc1cccs1. The number of carbonyl (C=O) groups is 2. The van der Waals surface area contributed by atoms with Crippen molar-refractivity contribution in [3.63, 3.8) is 0 Å². The molecular formula is C21H19NO4S. The maximum Gasteiger partial charge on any atom is 0.338 e. The second-order valence-corrected chi connectivity index (χ2v) is 6.76. The Hall–Kier alpha value is -3.12. The van der Waals surface area contributed by atoms with Gasteiger partial charge in [0.05, 0.1) is 12.1 Å². The summed E-state index contributed by atoms with van der Waals surface area (Å²) in [4.78, 5) is 24.8. The highest BCUT2D eigenvalue weighted by Crippen LogP contribution is 2.15. The third-order valence-corrected chi connectivity index (χ3v) is 4.59. The largest absolute Gasteiger partial charge is 0.489 e. The fraction of sp³-hybridized carbons (Fsp3) is 0.143. The second kappa shape index (κ2) is 9.54. The molecule has 0 atom stereocenters. The van der Waals surface area contributed by atoms with Crippen LogP contribution in [0.25, 0.3) is 0 Å². The molecule has 5 nitrogen and oxygen atoms in total. The summed E-state index contributed by atoms with van der Waals surface area (Å²) in [6.45, 7) is 0.576. The molecule has 27 heavy (non-hydrogen) atoms. The molecule has 0 aliphatic carbocycles. The van der Waals surface area contributed by atoms with E-state index in [0.29, 0.717) is 24.5 Å². The Bertz CT molecular complexity index is 861. The minimum Gasteiger partial charge on any atom is -0.489 e. The number of amides is 1. The van der Waals surface area contributed by atoms with Gasteiger partial charge in [-0.1, -0.05) is 36.4 Å². The standard InChI is InChI=1S/C21H19NO4S/c23-20(22-13-19-7-4-12-27-19)15-26-21(24)17-8-10-18(11-9-17)25-14-16-5-2-1-3-6-16/h1-12H,13-15H2,(H,22,23). The van der Waals surface area contributed by atoms with E-state index in [1.165, 1.54) is 0 Å². The van der Waals surface area contributed by atoms with Crippen LogP contribution in [0.1, 0.15) is 20.8 Å². The quantitative estimate of drug-likeness (QED) is 0.603. The third-order valence-electron chi connectivity index (χ3n) is 3.71. The minimum atomic E-state index is -0.545. The van der Waals surface area contributed by atoms with E-state index in [1.54, 1.807) is 35.6 Å². The summed E-state index contributed by atoms with van der Waals surface area (Å²) in [5, 5.41) is 4.65. The summed E-state index contributed by atoms with van der Waals surface area (Å²) in [7, 11) is 0. The van der Waals surface area contributed by atoms with Crippen molar-refractivity contribution in [1.82, 2.24) is 5.32 Å². The van der Waals surface area contributed by atoms with Crippen molar-refractivity contribution in [3.05, 3.63) is 88.1 Å². The van der Waals surface area contributed by atoms with Crippen molar-refractivity contribution in [2.24, 2.45) is 0 Å². The molecule has 138 valence electrons. The lowest BCUT2D eigenvalue weighted by Gasteiger charge is -2.08. The summed E-state index contributed by atoms with van der Waals surface area (Å²) in [5.41, 5.74) is 1.43. The molecule has 0 fully saturated rings. The lowest BCUT2D eigenvalue weighted by atomic mass is 10.2. The maximum atomic E-state index is 12.0. The monoisotopic (exact) mass is 381 g/mol. The molecular weight excluding hydrogens is 362 g/mol. The molecule has 0 saturated carbocycles. The Kier molecular flexibility index (Phi) is 6.60. The van der Waals surface area contributed by atoms with Crippen molar-refractivity contribution in [3.8, 4) is 5.75 Å². The first-order chi connectivity index (χ1) is 13.2. The van der Waals surface area contributed by atoms with E-state index in [9.17, 15) is 9.59 Å². The molecule has 3 rings (SSSR count). The van der Waals surface area contributed by atoms with Crippen LogP contribution in [0, 0.1) is 0 Å². The summed E-state index contributed by atoms with van der Waals surface area (Å²) in [6, 6.07) is 20.3. The highest BCUT2D eigenvalue weighted by molar-refractivity contribution is 7.09. The summed E-state index contributed by atoms with van der Waals surface area (Å²) >= 11 is 1.56. The van der Waals surface area contributed by atoms with Crippen LogP contribution in [0.4, 0.5) is 0 Å². The Labute approximate surface area is 161 Å². The number of benzene rings is 2. The van der Waals surface area contributed by atoms with E-state index >= 15 is 0 Å². The first-order valence-corrected chi connectivity index (χ1v) is 9.31. The van der Waals surface area contributed by atoms with Crippen LogP contribution in [-0.2, 0) is 22.7 Å². The van der Waals surface area contributed by atoms with Crippen molar-refractivity contribution in [1.29, 1.82) is 0 Å². The van der Waals surface area contributed by atoms with Crippen LogP contribution >= 0.6 is 11.3 Å². The molecule has 1 N–H and O–H groups in total. The molecule has 1 amide bonds. The smallest absolute Gasteiger partial charge is 0.338 e. The van der Waals surface area contributed by atoms with Crippen LogP contribution in [0.2, 0.25) is 0 Å². The van der Waals surface area contributed by atoms with Crippen molar-refractivity contribution < 1.29 is 19.1 Å². The lowest BCUT2D eigenvalue weighted by Crippen LogP contribution is -2.28. The minimum absolute atomic E-state index is 0.309. The van der Waals surface area contributed by atoms with Gasteiger partial charge in [-0.2, -0.15) is 0 Å². The number of thiophene rings is 1. The van der Waals surface area contributed by atoms with Gasteiger partial charge in [0.15, 0.2) is 6.61 Å². The second-order valence-electron chi connectivity index (χ2n) is 5.73. The van der Waals surface area contributed by atoms with Crippen LogP contribution in [-0.4, -0.2) is 18.5 Å². The van der Waals surface area contributed by atoms with Gasteiger partial charge in [0.25, 0.3) is 5.91 Å².